The summed E-state index contributed by atoms with van der Waals surface area (Å²) in [6, 6.07) is 0. The van der Waals surface area contributed by atoms with Gasteiger partial charge in [0, 0.05) is 40.9 Å². The molecule has 0 aromatic rings. The third-order valence-corrected chi connectivity index (χ3v) is 0. The molecule has 0 unspecified atom stereocenters. The van der Waals surface area contributed by atoms with Crippen molar-refractivity contribution in [3.63, 3.8) is 0 Å². The van der Waals surface area contributed by atoms with Gasteiger partial charge in [0.1, 0.15) is 0 Å². The summed E-state index contributed by atoms with van der Waals surface area (Å²) in [5.41, 5.74) is 0. The molecule has 0 spiro atoms. The minimum Gasteiger partial charge on any atom is -0.255 e. The number of hydrogen-bond donors (Lipinski definition) is 4. The fourth-order valence-electron chi connectivity index (χ4n) is 0. The summed E-state index contributed by atoms with van der Waals surface area (Å²) >= 11 is 0. The third kappa shape index (κ3) is 18300. The van der Waals surface area contributed by atoms with Crippen LogP contribution in [-0.2, 0) is 21.1 Å². The van der Waals surface area contributed by atoms with E-state index in [1.807, 2.05) is 0 Å². The van der Waals surface area contributed by atoms with Gasteiger partial charge >= 0.3 is 0 Å². The van der Waals surface area contributed by atoms with Crippen LogP contribution >= 0.6 is 0 Å². The van der Waals surface area contributed by atoms with Gasteiger partial charge < -0.3 is 0 Å². The Morgan fingerprint density at radius 3 is 0.429 bits per heavy atom. The first-order valence-electron chi connectivity index (χ1n) is 0.733. The second kappa shape index (κ2) is 23700. The van der Waals surface area contributed by atoms with E-state index in [9.17, 15) is 0 Å². The van der Waals surface area contributed by atoms with Gasteiger partial charge in [0.25, 0.3) is 0 Å². The van der Waals surface area contributed by atoms with Gasteiger partial charge in [-0.3, -0.25) is 21.0 Å². The summed E-state index contributed by atoms with van der Waals surface area (Å²) in [6.07, 6.45) is 0. The van der Waals surface area contributed by atoms with Gasteiger partial charge in [0.2, 0.25) is 0 Å². The largest absolute Gasteiger partial charge is 0.255 e. The van der Waals surface area contributed by atoms with Crippen LogP contribution in [0.5, 0.6) is 0 Å². The van der Waals surface area contributed by atoms with Crippen molar-refractivity contribution < 1.29 is 42.1 Å². The topological polar surface area (TPSA) is 149 Å². The fraction of sp³-hybridized carbons (Fsp3) is 1.00. The van der Waals surface area contributed by atoms with Crippen LogP contribution < -0.4 is 0 Å². The summed E-state index contributed by atoms with van der Waals surface area (Å²) in [4.78, 5) is 28.0. The first-order chi connectivity index (χ1) is 4.00. The van der Waals surface area contributed by atoms with Gasteiger partial charge in [0.15, 0.2) is 0 Å². The molecule has 9 heteroatoms. The SMILES string of the molecule is C.C.C.C.C.O=O.O=O.OO.OO.[Pt]. The van der Waals surface area contributed by atoms with Gasteiger partial charge in [-0.2, -0.15) is 0 Å². The van der Waals surface area contributed by atoms with Crippen molar-refractivity contribution in [2.24, 2.45) is 0 Å². The first-order valence-corrected chi connectivity index (χ1v) is 0.733. The van der Waals surface area contributed by atoms with E-state index >= 15 is 0 Å². The van der Waals surface area contributed by atoms with E-state index in [1.165, 1.54) is 0 Å². The number of hydrogen-bond acceptors (Lipinski definition) is 8. The zero-order chi connectivity index (χ0) is 8.00. The maximum Gasteiger partial charge on any atom is 0 e. The van der Waals surface area contributed by atoms with Crippen LogP contribution in [0.15, 0.2) is 0 Å². The maximum atomic E-state index is 7.00. The molecule has 0 aromatic carbocycles. The summed E-state index contributed by atoms with van der Waals surface area (Å²) in [5.74, 6) is 0. The van der Waals surface area contributed by atoms with Crippen molar-refractivity contribution in [1.82, 2.24) is 0 Å². The number of rotatable bonds is 0. The van der Waals surface area contributed by atoms with Crippen LogP contribution in [0.25, 0.3) is 0 Å². The van der Waals surface area contributed by atoms with Gasteiger partial charge in [-0.1, -0.05) is 37.1 Å². The van der Waals surface area contributed by atoms with Crippen molar-refractivity contribution in [2.75, 3.05) is 0 Å². The second-order valence-electron chi connectivity index (χ2n) is 0. The summed E-state index contributed by atoms with van der Waals surface area (Å²) in [7, 11) is 0. The smallest absolute Gasteiger partial charge is 0 e. The summed E-state index contributed by atoms with van der Waals surface area (Å²) < 4.78 is 0. The van der Waals surface area contributed by atoms with E-state index in [-0.39, 0.29) is 58.2 Å². The minimum atomic E-state index is 0. The van der Waals surface area contributed by atoms with Crippen molar-refractivity contribution in [3.05, 3.63) is 19.9 Å². The van der Waals surface area contributed by atoms with E-state index in [4.69, 9.17) is 40.9 Å². The van der Waals surface area contributed by atoms with Crippen LogP contribution in [0.4, 0.5) is 0 Å². The normalized spacial score (nSPS) is 1.43. The molecule has 0 atom stereocenters. The molecule has 0 saturated heterocycles. The average molecular weight is 407 g/mol. The molecule has 0 radical (unpaired) electrons. The quantitative estimate of drug-likeness (QED) is 0.353. The molecule has 0 rings (SSSR count). The van der Waals surface area contributed by atoms with Crippen molar-refractivity contribution in [3.8, 4) is 0 Å². The maximum absolute atomic E-state index is 7.00. The molecule has 102 valence electrons. The monoisotopic (exact) mass is 407 g/mol. The van der Waals surface area contributed by atoms with Crippen molar-refractivity contribution in [1.29, 1.82) is 0 Å². The Balaban J connectivity index is -0.00000000167. The molecule has 0 aliphatic carbocycles. The standard InChI is InChI=1S/5CH4.2H2O2.2O2.Pt/c;;;;;4*1-2;/h5*1H4;2*1-2H;;;. The van der Waals surface area contributed by atoms with Crippen LogP contribution in [0.1, 0.15) is 37.1 Å². The fourth-order valence-corrected chi connectivity index (χ4v) is 0. The van der Waals surface area contributed by atoms with Crippen LogP contribution in [0, 0.1) is 19.9 Å². The van der Waals surface area contributed by atoms with E-state index in [2.05, 4.69) is 0 Å². The Bertz CT molecular complexity index is 19.7. The molecule has 0 saturated carbocycles. The zero-order valence-corrected chi connectivity index (χ0v) is 6.01. The molecule has 0 aliphatic rings. The molecule has 0 bridgehead atoms. The predicted molar refractivity (Wildman–Crippen MR) is 57.6 cm³/mol. The van der Waals surface area contributed by atoms with Crippen molar-refractivity contribution in [2.45, 2.75) is 37.1 Å². The van der Waals surface area contributed by atoms with Gasteiger partial charge in [-0.05, 0) is 0 Å². The Morgan fingerprint density at radius 2 is 0.429 bits per heavy atom. The Kier molecular flexibility index (Phi) is 271000. The molecule has 0 heterocycles. The second-order valence-corrected chi connectivity index (χ2v) is 0. The van der Waals surface area contributed by atoms with Crippen LogP contribution in [-0.4, -0.2) is 21.0 Å². The minimum absolute atomic E-state index is 0. The molecule has 4 N–H and O–H groups in total. The predicted octanol–water partition coefficient (Wildman–Crippen LogP) is 3.35. The first kappa shape index (κ1) is 160. The molecular weight excluding hydrogens is 383 g/mol. The van der Waals surface area contributed by atoms with Crippen LogP contribution in [0.3, 0.4) is 0 Å². The Labute approximate surface area is 99.5 Å². The van der Waals surface area contributed by atoms with Gasteiger partial charge in [0.05, 0.1) is 0 Å². The molecule has 14 heavy (non-hydrogen) atoms. The molecular formula is C5H24O8Pt. The van der Waals surface area contributed by atoms with Crippen molar-refractivity contribution >= 4 is 0 Å². The molecule has 0 aliphatic heterocycles. The molecule has 0 fully saturated rings. The van der Waals surface area contributed by atoms with Crippen LogP contribution in [0.2, 0.25) is 0 Å². The molecule has 0 amide bonds. The Hall–Kier alpha value is -0.272. The molecule has 8 nitrogen and oxygen atoms in total. The third-order valence-electron chi connectivity index (χ3n) is 0. The van der Waals surface area contributed by atoms with Gasteiger partial charge in [-0.25, -0.2) is 0 Å². The Morgan fingerprint density at radius 1 is 0.429 bits per heavy atom. The van der Waals surface area contributed by atoms with E-state index in [1.54, 1.807) is 0 Å². The average Bonchev–Trinajstić information content (AvgIpc) is 2.03. The zero-order valence-electron chi connectivity index (χ0n) is 3.74. The van der Waals surface area contributed by atoms with E-state index < -0.39 is 0 Å². The molecule has 0 aromatic heterocycles. The van der Waals surface area contributed by atoms with E-state index in [0.717, 1.165) is 0 Å². The summed E-state index contributed by atoms with van der Waals surface area (Å²) in [6.45, 7) is 0. The van der Waals surface area contributed by atoms with Gasteiger partial charge in [-0.15, -0.1) is 0 Å². The van der Waals surface area contributed by atoms with E-state index in [0.29, 0.717) is 0 Å². The summed E-state index contributed by atoms with van der Waals surface area (Å²) in [5, 5.41) is 24.0.